The summed E-state index contributed by atoms with van der Waals surface area (Å²) >= 11 is 0. The third-order valence-electron chi connectivity index (χ3n) is 0.354. The fourth-order valence-electron chi connectivity index (χ4n) is 0. The summed E-state index contributed by atoms with van der Waals surface area (Å²) < 4.78 is 19.8. The molecule has 1 aliphatic rings. The van der Waals surface area contributed by atoms with Gasteiger partial charge in [0.05, 0.1) is 0 Å². The lowest BCUT2D eigenvalue weighted by molar-refractivity contribution is -0.0728. The van der Waals surface area contributed by atoms with Gasteiger partial charge in [-0.25, -0.2) is 0 Å². The van der Waals surface area contributed by atoms with Crippen LogP contribution >= 0.6 is 0 Å². The molecule has 0 aliphatic heterocycles. The Kier molecular flexibility index (Phi) is 3.89. The third kappa shape index (κ3) is 126. The van der Waals surface area contributed by atoms with Crippen LogP contribution in [0.3, 0.4) is 0 Å². The number of aliphatic hydroxyl groups excluding tert-OH is 1. The molecule has 0 aromatic rings. The topological polar surface area (TPSA) is 20.2 Å². The summed E-state index contributed by atoms with van der Waals surface area (Å²) in [5.74, 6) is 0. The predicted molar refractivity (Wildman–Crippen MR) is 22.1 cm³/mol. The Morgan fingerprint density at radius 3 is 1.29 bits per heavy atom. The minimum atomic E-state index is -3.17. The van der Waals surface area contributed by atoms with Crippen LogP contribution in [-0.4, -0.2) is 11.7 Å². The zero-order chi connectivity index (χ0) is 5.70. The van der Waals surface area contributed by atoms with Gasteiger partial charge in [0.15, 0.2) is 0 Å². The van der Waals surface area contributed by atoms with Gasteiger partial charge in [-0.05, 0) is 0 Å². The molecule has 1 aliphatic carbocycles. The van der Waals surface area contributed by atoms with E-state index in [0.717, 1.165) is 0 Å². The third-order valence-corrected chi connectivity index (χ3v) is 0.354. The van der Waals surface area contributed by atoms with Gasteiger partial charge in [-0.15, -0.1) is 0 Å². The van der Waals surface area contributed by atoms with Crippen molar-refractivity contribution in [3.05, 3.63) is 0 Å². The van der Waals surface area contributed by atoms with Crippen LogP contribution in [0.1, 0.15) is 19.3 Å². The fourth-order valence-corrected chi connectivity index (χ4v) is 0. The maximum atomic E-state index is 9.89. The maximum absolute atomic E-state index is 9.89. The van der Waals surface area contributed by atoms with E-state index in [9.17, 15) is 8.78 Å². The first-order chi connectivity index (χ1) is 3.23. The molecule has 1 fully saturated rings. The summed E-state index contributed by atoms with van der Waals surface area (Å²) in [6, 6.07) is 0. The smallest absolute Gasteiger partial charge is 0.339 e. The van der Waals surface area contributed by atoms with Crippen molar-refractivity contribution in [3.63, 3.8) is 0 Å². The maximum Gasteiger partial charge on any atom is 0.342 e. The van der Waals surface area contributed by atoms with Crippen molar-refractivity contribution in [1.29, 1.82) is 0 Å². The quantitative estimate of drug-likeness (QED) is 0.499. The van der Waals surface area contributed by atoms with Crippen LogP contribution in [0.4, 0.5) is 8.78 Å². The van der Waals surface area contributed by atoms with Crippen LogP contribution in [0.2, 0.25) is 0 Å². The van der Waals surface area contributed by atoms with Crippen molar-refractivity contribution >= 4 is 0 Å². The summed E-state index contributed by atoms with van der Waals surface area (Å²) in [7, 11) is 0. The summed E-state index contributed by atoms with van der Waals surface area (Å²) in [5, 5.41) is 6.72. The molecule has 0 atom stereocenters. The molecular formula is C4H8F2O. The van der Waals surface area contributed by atoms with E-state index in [-0.39, 0.29) is 0 Å². The molecule has 0 aromatic heterocycles. The molecule has 0 bridgehead atoms. The Balaban J connectivity index is 0.000000105. The van der Waals surface area contributed by atoms with Crippen LogP contribution in [0, 0.1) is 0 Å². The zero-order valence-corrected chi connectivity index (χ0v) is 3.90. The molecule has 0 radical (unpaired) electrons. The Labute approximate surface area is 41.0 Å². The van der Waals surface area contributed by atoms with E-state index in [4.69, 9.17) is 5.11 Å². The lowest BCUT2D eigenvalue weighted by atomic mass is 11.0. The lowest BCUT2D eigenvalue weighted by Gasteiger charge is -1.70. The molecule has 1 N–H and O–H groups in total. The van der Waals surface area contributed by atoms with Crippen molar-refractivity contribution < 1.29 is 13.9 Å². The second-order valence-electron chi connectivity index (χ2n) is 1.34. The molecule has 0 spiro atoms. The first kappa shape index (κ1) is 6.82. The molecule has 1 rings (SSSR count). The van der Waals surface area contributed by atoms with Gasteiger partial charge in [-0.3, -0.25) is 0 Å². The van der Waals surface area contributed by atoms with Crippen LogP contribution in [0.15, 0.2) is 0 Å². The second-order valence-corrected chi connectivity index (χ2v) is 1.34. The number of aliphatic hydroxyl groups is 1. The van der Waals surface area contributed by atoms with E-state index < -0.39 is 6.61 Å². The van der Waals surface area contributed by atoms with E-state index in [0.29, 0.717) is 0 Å². The van der Waals surface area contributed by atoms with Gasteiger partial charge in [0.1, 0.15) is 0 Å². The normalized spacial score (nSPS) is 15.4. The second kappa shape index (κ2) is 3.99. The average Bonchev–Trinajstić information content (AvgIpc) is 2.02. The largest absolute Gasteiger partial charge is 0.342 e. The lowest BCUT2D eigenvalue weighted by Crippen LogP contribution is -1.78. The monoisotopic (exact) mass is 110 g/mol. The van der Waals surface area contributed by atoms with Gasteiger partial charge in [0.25, 0.3) is 0 Å². The predicted octanol–water partition coefficient (Wildman–Crippen LogP) is 1.37. The molecule has 7 heavy (non-hydrogen) atoms. The van der Waals surface area contributed by atoms with Gasteiger partial charge < -0.3 is 5.11 Å². The van der Waals surface area contributed by atoms with Crippen LogP contribution in [0.25, 0.3) is 0 Å². The number of halogens is 2. The summed E-state index contributed by atoms with van der Waals surface area (Å²) in [5.41, 5.74) is 0. The van der Waals surface area contributed by atoms with Gasteiger partial charge in [-0.1, -0.05) is 19.3 Å². The number of rotatable bonds is 0. The highest BCUT2D eigenvalue weighted by Gasteiger charge is 1.95. The molecule has 1 nitrogen and oxygen atoms in total. The highest BCUT2D eigenvalue weighted by Crippen LogP contribution is 2.14. The van der Waals surface area contributed by atoms with Crippen LogP contribution < -0.4 is 0 Å². The summed E-state index contributed by atoms with van der Waals surface area (Å²) in [4.78, 5) is 0. The van der Waals surface area contributed by atoms with Crippen LogP contribution in [0.5, 0.6) is 0 Å². The first-order valence-corrected chi connectivity index (χ1v) is 2.19. The minimum Gasteiger partial charge on any atom is -0.339 e. The molecule has 0 heterocycles. The van der Waals surface area contributed by atoms with Crippen molar-refractivity contribution in [1.82, 2.24) is 0 Å². The van der Waals surface area contributed by atoms with Crippen LogP contribution in [-0.2, 0) is 0 Å². The van der Waals surface area contributed by atoms with Gasteiger partial charge in [0, 0.05) is 0 Å². The van der Waals surface area contributed by atoms with Crippen molar-refractivity contribution in [2.24, 2.45) is 0 Å². The molecular weight excluding hydrogens is 102 g/mol. The van der Waals surface area contributed by atoms with Crippen molar-refractivity contribution in [3.8, 4) is 0 Å². The molecule has 3 heteroatoms. The van der Waals surface area contributed by atoms with Gasteiger partial charge >= 0.3 is 6.61 Å². The molecule has 44 valence electrons. The molecule has 0 saturated heterocycles. The fraction of sp³-hybridized carbons (Fsp3) is 1.00. The molecule has 0 amide bonds. The molecule has 0 aromatic carbocycles. The van der Waals surface area contributed by atoms with E-state index in [1.165, 1.54) is 19.3 Å². The number of hydrogen-bond donors (Lipinski definition) is 1. The zero-order valence-electron chi connectivity index (χ0n) is 3.90. The Morgan fingerprint density at radius 1 is 1.14 bits per heavy atom. The van der Waals surface area contributed by atoms with E-state index >= 15 is 0 Å². The van der Waals surface area contributed by atoms with E-state index in [1.807, 2.05) is 0 Å². The highest BCUT2D eigenvalue weighted by molar-refractivity contribution is 4.50. The number of alkyl halides is 2. The summed E-state index contributed by atoms with van der Waals surface area (Å²) in [6.07, 6.45) is 4.50. The first-order valence-electron chi connectivity index (χ1n) is 2.19. The Bertz CT molecular complexity index is 31.2. The van der Waals surface area contributed by atoms with Gasteiger partial charge in [0.2, 0.25) is 0 Å². The molecule has 0 unspecified atom stereocenters. The van der Waals surface area contributed by atoms with E-state index in [2.05, 4.69) is 0 Å². The highest BCUT2D eigenvalue weighted by atomic mass is 19.3. The molecule has 1 saturated carbocycles. The summed E-state index contributed by atoms with van der Waals surface area (Å²) in [6.45, 7) is -3.17. The standard InChI is InChI=1S/C3H6.CH2F2O/c1-2-3-1;2-1(3)4/h1-3H2;1,4H. The SMILES string of the molecule is C1CC1.OC(F)F. The average molecular weight is 110 g/mol. The Morgan fingerprint density at radius 2 is 1.29 bits per heavy atom. The van der Waals surface area contributed by atoms with E-state index in [1.54, 1.807) is 0 Å². The van der Waals surface area contributed by atoms with Gasteiger partial charge in [-0.2, -0.15) is 8.78 Å². The Hall–Kier alpha value is -0.180. The van der Waals surface area contributed by atoms with Crippen molar-refractivity contribution in [2.75, 3.05) is 0 Å². The van der Waals surface area contributed by atoms with Crippen molar-refractivity contribution in [2.45, 2.75) is 25.9 Å². The number of hydrogen-bond acceptors (Lipinski definition) is 1. The minimum absolute atomic E-state index is 1.50.